The summed E-state index contributed by atoms with van der Waals surface area (Å²) in [4.78, 5) is 8.51. The summed E-state index contributed by atoms with van der Waals surface area (Å²) in [5.74, 6) is 7.66. The molecule has 1 aromatic heterocycles. The van der Waals surface area contributed by atoms with Gasteiger partial charge in [-0.1, -0.05) is 41.0 Å². The highest BCUT2D eigenvalue weighted by molar-refractivity contribution is 5.56. The van der Waals surface area contributed by atoms with Gasteiger partial charge >= 0.3 is 0 Å². The largest absolute Gasteiger partial charge is 0.369 e. The van der Waals surface area contributed by atoms with Crippen molar-refractivity contribution in [2.24, 2.45) is 17.2 Å². The fraction of sp³-hybridized carbons (Fsp3) is 0.714. The van der Waals surface area contributed by atoms with Gasteiger partial charge in [0, 0.05) is 12.1 Å². The Morgan fingerprint density at radius 2 is 1.89 bits per heavy atom. The van der Waals surface area contributed by atoms with E-state index in [0.29, 0.717) is 11.7 Å². The highest BCUT2D eigenvalue weighted by atomic mass is 15.3. The molecule has 0 aromatic carbocycles. The van der Waals surface area contributed by atoms with Gasteiger partial charge in [0.2, 0.25) is 0 Å². The van der Waals surface area contributed by atoms with Crippen LogP contribution in [0.5, 0.6) is 0 Å². The maximum absolute atomic E-state index is 5.51. The van der Waals surface area contributed by atoms with Crippen LogP contribution in [0, 0.1) is 11.3 Å². The number of hydrogen-bond acceptors (Lipinski definition) is 5. The lowest BCUT2D eigenvalue weighted by Crippen LogP contribution is -2.25. The molecule has 5 heteroatoms. The van der Waals surface area contributed by atoms with Crippen molar-refractivity contribution in [2.45, 2.75) is 47.5 Å². The molecule has 0 saturated carbocycles. The van der Waals surface area contributed by atoms with E-state index in [-0.39, 0.29) is 5.41 Å². The standard InChI is InChI=1S/C14H27N5/c1-6-7-11-12(17-9-18-13(11)19-15)16-8-10(2)14(3,4)5/h9-10H,6-8,15H2,1-5H3,(H2,16,17,18,19). The van der Waals surface area contributed by atoms with Crippen LogP contribution < -0.4 is 16.6 Å². The molecule has 1 rings (SSSR count). The maximum Gasteiger partial charge on any atom is 0.148 e. The average molecular weight is 265 g/mol. The Kier molecular flexibility index (Phi) is 5.54. The van der Waals surface area contributed by atoms with Crippen molar-refractivity contribution in [3.8, 4) is 0 Å². The summed E-state index contributed by atoms with van der Waals surface area (Å²) < 4.78 is 0. The monoisotopic (exact) mass is 265 g/mol. The molecule has 0 aliphatic heterocycles. The van der Waals surface area contributed by atoms with E-state index in [1.54, 1.807) is 6.33 Å². The number of aromatic nitrogens is 2. The van der Waals surface area contributed by atoms with Gasteiger partial charge in [0.25, 0.3) is 0 Å². The molecule has 5 nitrogen and oxygen atoms in total. The van der Waals surface area contributed by atoms with Crippen LogP contribution in [0.1, 0.15) is 46.6 Å². The molecule has 0 saturated heterocycles. The first kappa shape index (κ1) is 15.7. The van der Waals surface area contributed by atoms with Gasteiger partial charge < -0.3 is 10.7 Å². The Morgan fingerprint density at radius 1 is 1.26 bits per heavy atom. The van der Waals surface area contributed by atoms with Crippen molar-refractivity contribution in [1.82, 2.24) is 9.97 Å². The van der Waals surface area contributed by atoms with E-state index < -0.39 is 0 Å². The van der Waals surface area contributed by atoms with Gasteiger partial charge in [0.15, 0.2) is 0 Å². The van der Waals surface area contributed by atoms with Crippen LogP contribution in [0.3, 0.4) is 0 Å². The van der Waals surface area contributed by atoms with Crippen LogP contribution in [0.25, 0.3) is 0 Å². The van der Waals surface area contributed by atoms with E-state index in [0.717, 1.165) is 30.8 Å². The van der Waals surface area contributed by atoms with Crippen molar-refractivity contribution in [3.63, 3.8) is 0 Å². The zero-order valence-corrected chi connectivity index (χ0v) is 12.7. The second-order valence-corrected chi connectivity index (χ2v) is 6.09. The second-order valence-electron chi connectivity index (χ2n) is 6.09. The second kappa shape index (κ2) is 6.70. The summed E-state index contributed by atoms with van der Waals surface area (Å²) in [5, 5.41) is 3.43. The van der Waals surface area contributed by atoms with Crippen LogP contribution in [0.4, 0.5) is 11.6 Å². The average Bonchev–Trinajstić information content (AvgIpc) is 2.36. The smallest absolute Gasteiger partial charge is 0.148 e. The van der Waals surface area contributed by atoms with E-state index in [9.17, 15) is 0 Å². The number of rotatable bonds is 6. The van der Waals surface area contributed by atoms with Crippen LogP contribution in [0.15, 0.2) is 6.33 Å². The van der Waals surface area contributed by atoms with Crippen LogP contribution in [-0.2, 0) is 6.42 Å². The minimum atomic E-state index is 0.278. The summed E-state index contributed by atoms with van der Waals surface area (Å²) in [6.07, 6.45) is 3.48. The minimum absolute atomic E-state index is 0.278. The van der Waals surface area contributed by atoms with E-state index >= 15 is 0 Å². The molecular weight excluding hydrogens is 238 g/mol. The van der Waals surface area contributed by atoms with E-state index in [4.69, 9.17) is 5.84 Å². The van der Waals surface area contributed by atoms with E-state index in [1.807, 2.05) is 0 Å². The molecule has 1 aromatic rings. The molecule has 1 heterocycles. The number of nitrogens with two attached hydrogens (primary N) is 1. The molecule has 0 aliphatic carbocycles. The summed E-state index contributed by atoms with van der Waals surface area (Å²) in [6.45, 7) is 12.0. The normalized spacial score (nSPS) is 13.2. The Hall–Kier alpha value is -1.36. The Morgan fingerprint density at radius 3 is 2.42 bits per heavy atom. The molecule has 19 heavy (non-hydrogen) atoms. The molecular formula is C14H27N5. The first-order valence-electron chi connectivity index (χ1n) is 6.94. The molecule has 0 radical (unpaired) electrons. The quantitative estimate of drug-likeness (QED) is 0.544. The summed E-state index contributed by atoms with van der Waals surface area (Å²) in [7, 11) is 0. The minimum Gasteiger partial charge on any atom is -0.369 e. The van der Waals surface area contributed by atoms with Gasteiger partial charge in [-0.25, -0.2) is 15.8 Å². The van der Waals surface area contributed by atoms with Crippen LogP contribution >= 0.6 is 0 Å². The van der Waals surface area contributed by atoms with Gasteiger partial charge in [0.05, 0.1) is 0 Å². The van der Waals surface area contributed by atoms with Crippen molar-refractivity contribution in [1.29, 1.82) is 0 Å². The number of hydrazine groups is 1. The third-order valence-corrected chi connectivity index (χ3v) is 3.64. The predicted molar refractivity (Wildman–Crippen MR) is 80.9 cm³/mol. The van der Waals surface area contributed by atoms with Crippen molar-refractivity contribution in [2.75, 3.05) is 17.3 Å². The molecule has 0 aliphatic rings. The van der Waals surface area contributed by atoms with Gasteiger partial charge in [-0.2, -0.15) is 0 Å². The molecule has 0 amide bonds. The third kappa shape index (κ3) is 4.35. The lowest BCUT2D eigenvalue weighted by atomic mass is 9.82. The van der Waals surface area contributed by atoms with E-state index in [2.05, 4.69) is 55.3 Å². The number of nitrogens with zero attached hydrogens (tertiary/aromatic N) is 2. The van der Waals surface area contributed by atoms with Crippen molar-refractivity contribution < 1.29 is 0 Å². The zero-order chi connectivity index (χ0) is 14.5. The summed E-state index contributed by atoms with van der Waals surface area (Å²) >= 11 is 0. The number of anilines is 2. The van der Waals surface area contributed by atoms with Crippen molar-refractivity contribution >= 4 is 11.6 Å². The number of nitrogens with one attached hydrogen (secondary N) is 2. The van der Waals surface area contributed by atoms with Gasteiger partial charge in [-0.05, 0) is 17.8 Å². The predicted octanol–water partition coefficient (Wildman–Crippen LogP) is 2.81. The first-order valence-corrected chi connectivity index (χ1v) is 6.94. The van der Waals surface area contributed by atoms with Gasteiger partial charge in [-0.3, -0.25) is 0 Å². The summed E-state index contributed by atoms with van der Waals surface area (Å²) in [5.41, 5.74) is 3.99. The lowest BCUT2D eigenvalue weighted by Gasteiger charge is -2.28. The fourth-order valence-corrected chi connectivity index (χ4v) is 1.73. The molecule has 4 N–H and O–H groups in total. The fourth-order valence-electron chi connectivity index (χ4n) is 1.73. The topological polar surface area (TPSA) is 75.9 Å². The lowest BCUT2D eigenvalue weighted by molar-refractivity contribution is 0.274. The molecule has 0 spiro atoms. The number of hydrogen-bond donors (Lipinski definition) is 3. The highest BCUT2D eigenvalue weighted by Gasteiger charge is 2.20. The Balaban J connectivity index is 2.83. The summed E-state index contributed by atoms with van der Waals surface area (Å²) in [6, 6.07) is 0. The van der Waals surface area contributed by atoms with Crippen molar-refractivity contribution in [3.05, 3.63) is 11.9 Å². The molecule has 1 atom stereocenters. The highest BCUT2D eigenvalue weighted by Crippen LogP contribution is 2.27. The zero-order valence-electron chi connectivity index (χ0n) is 12.7. The van der Waals surface area contributed by atoms with Gasteiger partial charge in [0.1, 0.15) is 18.0 Å². The van der Waals surface area contributed by atoms with Crippen LogP contribution in [0.2, 0.25) is 0 Å². The Labute approximate surface area is 116 Å². The molecule has 0 fully saturated rings. The third-order valence-electron chi connectivity index (χ3n) is 3.64. The van der Waals surface area contributed by atoms with E-state index in [1.165, 1.54) is 0 Å². The molecule has 108 valence electrons. The number of nitrogen functional groups attached to an aromatic ring is 1. The Bertz CT molecular complexity index is 397. The molecule has 0 bridgehead atoms. The SMILES string of the molecule is CCCc1c(NN)ncnc1NCC(C)C(C)(C)C. The molecule has 1 unspecified atom stereocenters. The maximum atomic E-state index is 5.51. The van der Waals surface area contributed by atoms with Crippen LogP contribution in [-0.4, -0.2) is 16.5 Å². The van der Waals surface area contributed by atoms with Gasteiger partial charge in [-0.15, -0.1) is 0 Å². The first-order chi connectivity index (χ1) is 8.90.